The molecular formula is C12H9NO4. The summed E-state index contributed by atoms with van der Waals surface area (Å²) in [4.78, 5) is 11.0. The number of carboxylic acids is 1. The number of hydrogen-bond acceptors (Lipinski definition) is 3. The van der Waals surface area contributed by atoms with Gasteiger partial charge >= 0.3 is 5.97 Å². The Balaban J connectivity index is 2.45. The quantitative estimate of drug-likeness (QED) is 0.673. The summed E-state index contributed by atoms with van der Waals surface area (Å²) in [7, 11) is 1.63. The Morgan fingerprint density at radius 2 is 2.06 bits per heavy atom. The number of aryl methyl sites for hydroxylation is 1. The summed E-state index contributed by atoms with van der Waals surface area (Å²) in [5, 5.41) is 19.9. The summed E-state index contributed by atoms with van der Waals surface area (Å²) < 4.78 is 7.02. The minimum atomic E-state index is -0.995. The number of aromatic nitrogens is 1. The lowest BCUT2D eigenvalue weighted by Gasteiger charge is -1.96. The van der Waals surface area contributed by atoms with E-state index in [0.29, 0.717) is 11.3 Å². The van der Waals surface area contributed by atoms with E-state index in [9.17, 15) is 9.90 Å². The van der Waals surface area contributed by atoms with Gasteiger partial charge in [0.2, 0.25) is 5.71 Å². The first-order valence-electron chi connectivity index (χ1n) is 5.02. The molecule has 3 rings (SSSR count). The first-order chi connectivity index (χ1) is 8.08. The summed E-state index contributed by atoms with van der Waals surface area (Å²) in [5.41, 5.74) is 1.21. The van der Waals surface area contributed by atoms with Crippen molar-refractivity contribution in [1.29, 1.82) is 0 Å². The minimum Gasteiger partial charge on any atom is -0.508 e. The van der Waals surface area contributed by atoms with Crippen molar-refractivity contribution in [2.24, 2.45) is 7.05 Å². The van der Waals surface area contributed by atoms with Crippen molar-refractivity contribution >= 4 is 28.0 Å². The van der Waals surface area contributed by atoms with Crippen LogP contribution in [0.2, 0.25) is 0 Å². The number of aromatic hydroxyl groups is 1. The molecule has 5 heteroatoms. The number of nitrogens with zero attached hydrogens (tertiary/aromatic N) is 1. The second-order valence-corrected chi connectivity index (χ2v) is 3.90. The average molecular weight is 231 g/mol. The van der Waals surface area contributed by atoms with Crippen LogP contribution < -0.4 is 0 Å². The van der Waals surface area contributed by atoms with E-state index in [0.717, 1.165) is 10.8 Å². The van der Waals surface area contributed by atoms with Crippen molar-refractivity contribution in [2.45, 2.75) is 0 Å². The van der Waals surface area contributed by atoms with Gasteiger partial charge in [-0.25, -0.2) is 4.79 Å². The van der Waals surface area contributed by atoms with Gasteiger partial charge in [-0.3, -0.25) is 0 Å². The van der Waals surface area contributed by atoms with Gasteiger partial charge in [0.15, 0.2) is 0 Å². The van der Waals surface area contributed by atoms with E-state index >= 15 is 0 Å². The molecule has 0 fully saturated rings. The molecule has 0 bridgehead atoms. The second-order valence-electron chi connectivity index (χ2n) is 3.90. The van der Waals surface area contributed by atoms with E-state index in [1.807, 2.05) is 0 Å². The molecule has 0 saturated heterocycles. The van der Waals surface area contributed by atoms with Gasteiger partial charge in [-0.15, -0.1) is 0 Å². The second kappa shape index (κ2) is 3.04. The molecule has 86 valence electrons. The highest BCUT2D eigenvalue weighted by Crippen LogP contribution is 2.32. The van der Waals surface area contributed by atoms with Crippen LogP contribution in [0, 0.1) is 0 Å². The zero-order valence-electron chi connectivity index (χ0n) is 8.97. The Morgan fingerprint density at radius 1 is 1.29 bits per heavy atom. The van der Waals surface area contributed by atoms with Crippen LogP contribution in [0.5, 0.6) is 5.75 Å². The first kappa shape index (κ1) is 9.77. The lowest BCUT2D eigenvalue weighted by atomic mass is 10.2. The topological polar surface area (TPSA) is 75.6 Å². The number of rotatable bonds is 1. The lowest BCUT2D eigenvalue weighted by Crippen LogP contribution is -2.03. The molecule has 0 radical (unpaired) electrons. The molecule has 0 saturated carbocycles. The van der Waals surface area contributed by atoms with Crippen LogP contribution in [-0.2, 0) is 7.05 Å². The van der Waals surface area contributed by atoms with Crippen LogP contribution in [0.1, 0.15) is 10.5 Å². The minimum absolute atomic E-state index is 0.120. The number of phenols is 1. The molecule has 3 aromatic rings. The normalized spacial score (nSPS) is 11.4. The Hall–Kier alpha value is -2.43. The fourth-order valence-electron chi connectivity index (χ4n) is 2.03. The van der Waals surface area contributed by atoms with Crippen molar-refractivity contribution in [3.63, 3.8) is 0 Å². The van der Waals surface area contributed by atoms with Crippen molar-refractivity contribution < 1.29 is 19.4 Å². The number of aromatic carboxylic acids is 1. The third kappa shape index (κ3) is 1.22. The zero-order valence-corrected chi connectivity index (χ0v) is 8.97. The number of carbonyl (C=O) groups is 1. The average Bonchev–Trinajstić information content (AvgIpc) is 2.76. The maximum absolute atomic E-state index is 11.0. The number of hydrogen-bond donors (Lipinski definition) is 2. The molecule has 0 spiro atoms. The van der Waals surface area contributed by atoms with Crippen LogP contribution in [0.25, 0.3) is 22.1 Å². The predicted molar refractivity (Wildman–Crippen MR) is 61.3 cm³/mol. The van der Waals surface area contributed by atoms with Gasteiger partial charge < -0.3 is 19.2 Å². The molecule has 0 atom stereocenters. The van der Waals surface area contributed by atoms with Gasteiger partial charge in [0.1, 0.15) is 17.0 Å². The summed E-state index contributed by atoms with van der Waals surface area (Å²) in [6, 6.07) is 6.34. The zero-order chi connectivity index (χ0) is 12.2. The molecular weight excluding hydrogens is 222 g/mol. The van der Waals surface area contributed by atoms with E-state index < -0.39 is 5.97 Å². The van der Waals surface area contributed by atoms with Crippen LogP contribution in [-0.4, -0.2) is 20.7 Å². The molecule has 0 aliphatic rings. The fourth-order valence-corrected chi connectivity index (χ4v) is 2.03. The number of furan rings is 1. The van der Waals surface area contributed by atoms with Crippen LogP contribution in [0.3, 0.4) is 0 Å². The third-order valence-corrected chi connectivity index (χ3v) is 2.86. The maximum Gasteiger partial charge on any atom is 0.352 e. The molecule has 1 aromatic carbocycles. The van der Waals surface area contributed by atoms with E-state index in [4.69, 9.17) is 9.52 Å². The Labute approximate surface area is 95.5 Å². The summed E-state index contributed by atoms with van der Waals surface area (Å²) in [5.74, 6) is -0.874. The van der Waals surface area contributed by atoms with E-state index in [1.165, 1.54) is 10.6 Å². The van der Waals surface area contributed by atoms with Gasteiger partial charge in [-0.2, -0.15) is 0 Å². The number of benzene rings is 1. The Bertz CT molecular complexity index is 751. The molecule has 0 aliphatic carbocycles. The van der Waals surface area contributed by atoms with Gasteiger partial charge in [-0.1, -0.05) is 0 Å². The number of phenolic OH excluding ortho intramolecular Hbond substituents is 1. The highest BCUT2D eigenvalue weighted by molar-refractivity contribution is 6.07. The van der Waals surface area contributed by atoms with E-state index in [-0.39, 0.29) is 11.4 Å². The molecule has 2 heterocycles. The standard InChI is InChI=1S/C12H9NO4/c1-13-9(12(15)16)5-8-7-3-2-6(14)4-10(7)17-11(8)13/h2-5,14H,1H3,(H,15,16). The van der Waals surface area contributed by atoms with Crippen LogP contribution in [0.15, 0.2) is 28.7 Å². The molecule has 0 amide bonds. The summed E-state index contributed by atoms with van der Waals surface area (Å²) >= 11 is 0. The van der Waals surface area contributed by atoms with Crippen molar-refractivity contribution in [1.82, 2.24) is 4.57 Å². The van der Waals surface area contributed by atoms with Crippen molar-refractivity contribution in [2.75, 3.05) is 0 Å². The maximum atomic E-state index is 11.0. The highest BCUT2D eigenvalue weighted by Gasteiger charge is 2.17. The van der Waals surface area contributed by atoms with Gasteiger partial charge in [0.25, 0.3) is 0 Å². The van der Waals surface area contributed by atoms with Crippen molar-refractivity contribution in [3.05, 3.63) is 30.0 Å². The molecule has 2 N–H and O–H groups in total. The first-order valence-corrected chi connectivity index (χ1v) is 5.02. The molecule has 0 aliphatic heterocycles. The largest absolute Gasteiger partial charge is 0.508 e. The number of carboxylic acid groups (broad SMARTS) is 1. The fraction of sp³-hybridized carbons (Fsp3) is 0.0833. The van der Waals surface area contributed by atoms with Gasteiger partial charge in [0.05, 0.1) is 0 Å². The molecule has 17 heavy (non-hydrogen) atoms. The highest BCUT2D eigenvalue weighted by atomic mass is 16.4. The SMILES string of the molecule is Cn1c(C(=O)O)cc2c3ccc(O)cc3oc21. The monoisotopic (exact) mass is 231 g/mol. The summed E-state index contributed by atoms with van der Waals surface area (Å²) in [6.45, 7) is 0. The lowest BCUT2D eigenvalue weighted by molar-refractivity contribution is 0.0686. The number of fused-ring (bicyclic) bond motifs is 3. The van der Waals surface area contributed by atoms with Crippen LogP contribution >= 0.6 is 0 Å². The van der Waals surface area contributed by atoms with Crippen LogP contribution in [0.4, 0.5) is 0 Å². The molecule has 0 unspecified atom stereocenters. The molecule has 2 aromatic heterocycles. The van der Waals surface area contributed by atoms with Gasteiger partial charge in [-0.05, 0) is 18.2 Å². The third-order valence-electron chi connectivity index (χ3n) is 2.86. The Kier molecular flexibility index (Phi) is 1.75. The summed E-state index contributed by atoms with van der Waals surface area (Å²) in [6.07, 6.45) is 0. The Morgan fingerprint density at radius 3 is 2.76 bits per heavy atom. The smallest absolute Gasteiger partial charge is 0.352 e. The van der Waals surface area contributed by atoms with Gasteiger partial charge in [0, 0.05) is 23.9 Å². The predicted octanol–water partition coefficient (Wildman–Crippen LogP) is 2.33. The van der Waals surface area contributed by atoms with E-state index in [2.05, 4.69) is 0 Å². The van der Waals surface area contributed by atoms with Crippen molar-refractivity contribution in [3.8, 4) is 5.75 Å². The van der Waals surface area contributed by atoms with E-state index in [1.54, 1.807) is 25.2 Å². The molecule has 5 nitrogen and oxygen atoms in total.